The van der Waals surface area contributed by atoms with Gasteiger partial charge in [-0.1, -0.05) is 13.3 Å². The van der Waals surface area contributed by atoms with Crippen LogP contribution in [-0.4, -0.2) is 31.0 Å². The van der Waals surface area contributed by atoms with Crippen LogP contribution in [0.3, 0.4) is 0 Å². The lowest BCUT2D eigenvalue weighted by Gasteiger charge is -2.24. The van der Waals surface area contributed by atoms with Crippen molar-refractivity contribution in [3.05, 3.63) is 24.3 Å². The Balaban J connectivity index is 2.19. The van der Waals surface area contributed by atoms with Crippen LogP contribution in [-0.2, 0) is 9.59 Å². The second-order valence-electron chi connectivity index (χ2n) is 5.08. The molecule has 1 N–H and O–H groups in total. The van der Waals surface area contributed by atoms with Crippen molar-refractivity contribution in [2.24, 2.45) is 0 Å². The molecular formula is C16H22N2O3. The third-order valence-corrected chi connectivity index (χ3v) is 3.50. The monoisotopic (exact) mass is 290 g/mol. The second kappa shape index (κ2) is 7.11. The van der Waals surface area contributed by atoms with Gasteiger partial charge in [-0.2, -0.15) is 0 Å². The average Bonchev–Trinajstić information content (AvgIpc) is 2.61. The largest absolute Gasteiger partial charge is 0.494 e. The Morgan fingerprint density at radius 2 is 1.95 bits per heavy atom. The lowest BCUT2D eigenvalue weighted by atomic mass is 10.1. The van der Waals surface area contributed by atoms with E-state index in [2.05, 4.69) is 5.32 Å². The zero-order valence-electron chi connectivity index (χ0n) is 12.6. The third-order valence-electron chi connectivity index (χ3n) is 3.50. The van der Waals surface area contributed by atoms with Gasteiger partial charge in [-0.15, -0.1) is 0 Å². The van der Waals surface area contributed by atoms with Crippen molar-refractivity contribution in [1.29, 1.82) is 0 Å². The van der Waals surface area contributed by atoms with Crippen molar-refractivity contribution < 1.29 is 14.3 Å². The van der Waals surface area contributed by atoms with Crippen LogP contribution < -0.4 is 15.0 Å². The van der Waals surface area contributed by atoms with Gasteiger partial charge in [0.25, 0.3) is 0 Å². The summed E-state index contributed by atoms with van der Waals surface area (Å²) in [5.41, 5.74) is 0.807. The first-order chi connectivity index (χ1) is 10.2. The number of amides is 2. The Bertz CT molecular complexity index is 499. The smallest absolute Gasteiger partial charge is 0.249 e. The molecule has 2 amide bonds. The molecule has 1 unspecified atom stereocenters. The lowest BCUT2D eigenvalue weighted by Crippen LogP contribution is -2.44. The fourth-order valence-electron chi connectivity index (χ4n) is 2.47. The predicted octanol–water partition coefficient (Wildman–Crippen LogP) is 2.11. The highest BCUT2D eigenvalue weighted by atomic mass is 16.5. The van der Waals surface area contributed by atoms with Crippen LogP contribution in [0, 0.1) is 0 Å². The number of anilines is 1. The maximum absolute atomic E-state index is 12.6. The Hall–Kier alpha value is -2.04. The van der Waals surface area contributed by atoms with E-state index in [9.17, 15) is 9.59 Å². The van der Waals surface area contributed by atoms with E-state index in [4.69, 9.17) is 4.74 Å². The van der Waals surface area contributed by atoms with Crippen molar-refractivity contribution in [2.45, 2.75) is 39.2 Å². The summed E-state index contributed by atoms with van der Waals surface area (Å²) in [6, 6.07) is 7.00. The van der Waals surface area contributed by atoms with E-state index in [1.807, 2.05) is 38.1 Å². The van der Waals surface area contributed by atoms with Crippen LogP contribution >= 0.6 is 0 Å². The number of carbonyl (C=O) groups excluding carboxylic acids is 2. The van der Waals surface area contributed by atoms with Gasteiger partial charge in [-0.05, 0) is 37.6 Å². The molecular weight excluding hydrogens is 268 g/mol. The molecule has 0 aromatic heterocycles. The van der Waals surface area contributed by atoms with E-state index in [1.54, 1.807) is 4.90 Å². The molecule has 21 heavy (non-hydrogen) atoms. The molecule has 1 saturated heterocycles. The molecule has 0 spiro atoms. The predicted molar refractivity (Wildman–Crippen MR) is 81.4 cm³/mol. The summed E-state index contributed by atoms with van der Waals surface area (Å²) in [5.74, 6) is 0.685. The number of nitrogens with zero attached hydrogens (tertiary/aromatic N) is 1. The van der Waals surface area contributed by atoms with Crippen LogP contribution in [0.4, 0.5) is 5.69 Å². The van der Waals surface area contributed by atoms with Crippen LogP contribution in [0.2, 0.25) is 0 Å². The van der Waals surface area contributed by atoms with Gasteiger partial charge in [0.05, 0.1) is 6.61 Å². The number of hydrogen-bond donors (Lipinski definition) is 1. The normalized spacial score (nSPS) is 19.1. The SMILES string of the molecule is CCCC1NC(=O)CCN(c2ccc(OCC)cc2)C1=O. The molecule has 1 fully saturated rings. The highest BCUT2D eigenvalue weighted by Crippen LogP contribution is 2.22. The summed E-state index contributed by atoms with van der Waals surface area (Å²) < 4.78 is 5.41. The van der Waals surface area contributed by atoms with E-state index in [1.165, 1.54) is 0 Å². The molecule has 5 nitrogen and oxygen atoms in total. The summed E-state index contributed by atoms with van der Waals surface area (Å²) >= 11 is 0. The Morgan fingerprint density at radius 1 is 1.24 bits per heavy atom. The second-order valence-corrected chi connectivity index (χ2v) is 5.08. The molecule has 1 atom stereocenters. The minimum Gasteiger partial charge on any atom is -0.494 e. The first-order valence-electron chi connectivity index (χ1n) is 7.49. The molecule has 1 aliphatic rings. The van der Waals surface area contributed by atoms with Crippen molar-refractivity contribution in [1.82, 2.24) is 5.32 Å². The summed E-state index contributed by atoms with van der Waals surface area (Å²) in [6.45, 7) is 4.96. The zero-order chi connectivity index (χ0) is 15.2. The molecule has 0 bridgehead atoms. The van der Waals surface area contributed by atoms with Gasteiger partial charge < -0.3 is 15.0 Å². The summed E-state index contributed by atoms with van der Waals surface area (Å²) in [7, 11) is 0. The molecule has 1 aromatic rings. The number of nitrogens with one attached hydrogen (secondary N) is 1. The Morgan fingerprint density at radius 3 is 2.57 bits per heavy atom. The first-order valence-corrected chi connectivity index (χ1v) is 7.49. The van der Waals surface area contributed by atoms with Gasteiger partial charge in [0, 0.05) is 18.7 Å². The van der Waals surface area contributed by atoms with Gasteiger partial charge in [-0.25, -0.2) is 0 Å². The number of hydrogen-bond acceptors (Lipinski definition) is 3. The molecule has 0 saturated carbocycles. The van der Waals surface area contributed by atoms with E-state index in [0.29, 0.717) is 26.0 Å². The van der Waals surface area contributed by atoms with Gasteiger partial charge >= 0.3 is 0 Å². The van der Waals surface area contributed by atoms with Crippen LogP contribution in [0.1, 0.15) is 33.1 Å². The van der Waals surface area contributed by atoms with Crippen LogP contribution in [0.15, 0.2) is 24.3 Å². The fraction of sp³-hybridized carbons (Fsp3) is 0.500. The van der Waals surface area contributed by atoms with Crippen LogP contribution in [0.25, 0.3) is 0 Å². The molecule has 0 aliphatic carbocycles. The highest BCUT2D eigenvalue weighted by Gasteiger charge is 2.29. The zero-order valence-corrected chi connectivity index (χ0v) is 12.6. The van der Waals surface area contributed by atoms with Gasteiger partial charge in [0.2, 0.25) is 11.8 Å². The number of benzene rings is 1. The van der Waals surface area contributed by atoms with Crippen molar-refractivity contribution in [2.75, 3.05) is 18.1 Å². The Labute approximate surface area is 125 Å². The number of ether oxygens (including phenoxy) is 1. The van der Waals surface area contributed by atoms with E-state index >= 15 is 0 Å². The molecule has 1 aromatic carbocycles. The summed E-state index contributed by atoms with van der Waals surface area (Å²) in [6.07, 6.45) is 1.85. The fourth-order valence-corrected chi connectivity index (χ4v) is 2.47. The van der Waals surface area contributed by atoms with E-state index in [0.717, 1.165) is 17.9 Å². The van der Waals surface area contributed by atoms with Gasteiger partial charge in [0.1, 0.15) is 11.8 Å². The molecule has 2 rings (SSSR count). The van der Waals surface area contributed by atoms with E-state index in [-0.39, 0.29) is 11.8 Å². The molecule has 0 radical (unpaired) electrons. The lowest BCUT2D eigenvalue weighted by molar-refractivity contribution is -0.125. The topological polar surface area (TPSA) is 58.6 Å². The van der Waals surface area contributed by atoms with Crippen molar-refractivity contribution in [3.8, 4) is 5.75 Å². The van der Waals surface area contributed by atoms with Crippen molar-refractivity contribution >= 4 is 17.5 Å². The maximum atomic E-state index is 12.6. The molecule has 114 valence electrons. The maximum Gasteiger partial charge on any atom is 0.249 e. The first kappa shape index (κ1) is 15.4. The van der Waals surface area contributed by atoms with Gasteiger partial charge in [-0.3, -0.25) is 9.59 Å². The molecule has 1 heterocycles. The summed E-state index contributed by atoms with van der Waals surface area (Å²) in [4.78, 5) is 26.0. The average molecular weight is 290 g/mol. The van der Waals surface area contributed by atoms with E-state index < -0.39 is 6.04 Å². The third kappa shape index (κ3) is 3.74. The Kier molecular flexibility index (Phi) is 5.20. The minimum atomic E-state index is -0.420. The number of carbonyl (C=O) groups is 2. The highest BCUT2D eigenvalue weighted by molar-refractivity contribution is 6.01. The van der Waals surface area contributed by atoms with Crippen molar-refractivity contribution in [3.63, 3.8) is 0 Å². The van der Waals surface area contributed by atoms with Crippen LogP contribution in [0.5, 0.6) is 5.75 Å². The standard InChI is InChI=1S/C16H22N2O3/c1-3-5-14-16(20)18(11-10-15(19)17-14)12-6-8-13(9-7-12)21-4-2/h6-9,14H,3-5,10-11H2,1-2H3,(H,17,19). The minimum absolute atomic E-state index is 0.0353. The quantitative estimate of drug-likeness (QED) is 0.903. The summed E-state index contributed by atoms with van der Waals surface area (Å²) in [5, 5.41) is 2.81. The number of rotatable bonds is 5. The molecule has 1 aliphatic heterocycles. The molecule has 5 heteroatoms. The van der Waals surface area contributed by atoms with Gasteiger partial charge in [0.15, 0.2) is 0 Å².